The Hall–Kier alpha value is -3.18. The van der Waals surface area contributed by atoms with Crippen molar-refractivity contribution in [3.05, 3.63) is 83.4 Å². The van der Waals surface area contributed by atoms with E-state index in [1.165, 1.54) is 0 Å². The molecule has 31 heavy (non-hydrogen) atoms. The van der Waals surface area contributed by atoms with Crippen LogP contribution in [-0.4, -0.2) is 41.0 Å². The van der Waals surface area contributed by atoms with Crippen LogP contribution in [0, 0.1) is 5.92 Å². The highest BCUT2D eigenvalue weighted by atomic mass is 16.3. The van der Waals surface area contributed by atoms with Gasteiger partial charge in [0.1, 0.15) is 0 Å². The quantitative estimate of drug-likeness (QED) is 0.690. The Labute approximate surface area is 181 Å². The number of hydrogen-bond acceptors (Lipinski definition) is 3. The van der Waals surface area contributed by atoms with Crippen molar-refractivity contribution in [2.75, 3.05) is 13.1 Å². The summed E-state index contributed by atoms with van der Waals surface area (Å²) in [7, 11) is 0. The Morgan fingerprint density at radius 1 is 0.903 bits per heavy atom. The van der Waals surface area contributed by atoms with Gasteiger partial charge in [0.05, 0.1) is 12.1 Å². The molecule has 0 radical (unpaired) electrons. The number of nitrogens with zero attached hydrogens (tertiary/aromatic N) is 1. The first-order valence-electron chi connectivity index (χ1n) is 10.9. The van der Waals surface area contributed by atoms with Crippen molar-refractivity contribution < 1.29 is 14.7 Å². The zero-order valence-electron chi connectivity index (χ0n) is 17.3. The minimum Gasteiger partial charge on any atom is -0.390 e. The van der Waals surface area contributed by atoms with E-state index in [0.717, 1.165) is 21.9 Å². The van der Waals surface area contributed by atoms with E-state index >= 15 is 0 Å². The van der Waals surface area contributed by atoms with Gasteiger partial charge >= 0.3 is 0 Å². The van der Waals surface area contributed by atoms with E-state index in [1.807, 2.05) is 71.6 Å². The second kappa shape index (κ2) is 8.16. The van der Waals surface area contributed by atoms with Crippen LogP contribution in [-0.2, 0) is 11.2 Å². The topological polar surface area (TPSA) is 69.6 Å². The van der Waals surface area contributed by atoms with Gasteiger partial charge in [0.25, 0.3) is 5.91 Å². The summed E-state index contributed by atoms with van der Waals surface area (Å²) in [5.41, 5.74) is 2.81. The number of fused-ring (bicyclic) bond motifs is 2. The second-order valence-corrected chi connectivity index (χ2v) is 8.55. The summed E-state index contributed by atoms with van der Waals surface area (Å²) < 4.78 is 0. The van der Waals surface area contributed by atoms with Gasteiger partial charge < -0.3 is 15.3 Å². The molecule has 0 bridgehead atoms. The average molecular weight is 415 g/mol. The van der Waals surface area contributed by atoms with Gasteiger partial charge in [-0.2, -0.15) is 0 Å². The first-order chi connectivity index (χ1) is 15.1. The van der Waals surface area contributed by atoms with Gasteiger partial charge in [-0.3, -0.25) is 9.59 Å². The fourth-order valence-corrected chi connectivity index (χ4v) is 4.95. The smallest absolute Gasteiger partial charge is 0.254 e. The summed E-state index contributed by atoms with van der Waals surface area (Å²) in [5.74, 6) is -0.148. The molecule has 5 heteroatoms. The zero-order valence-corrected chi connectivity index (χ0v) is 17.3. The minimum absolute atomic E-state index is 0.0239. The molecule has 1 saturated heterocycles. The largest absolute Gasteiger partial charge is 0.390 e. The molecule has 0 aromatic heterocycles. The number of aliphatic hydroxyl groups excluding tert-OH is 1. The molecule has 5 nitrogen and oxygen atoms in total. The molecule has 0 saturated carbocycles. The van der Waals surface area contributed by atoms with E-state index in [1.54, 1.807) is 0 Å². The monoisotopic (exact) mass is 414 g/mol. The number of rotatable bonds is 3. The fourth-order valence-electron chi connectivity index (χ4n) is 4.95. The van der Waals surface area contributed by atoms with E-state index in [4.69, 9.17) is 0 Å². The highest BCUT2D eigenvalue weighted by molar-refractivity contribution is 6.07. The van der Waals surface area contributed by atoms with E-state index in [0.29, 0.717) is 37.9 Å². The van der Waals surface area contributed by atoms with Crippen LogP contribution in [0.3, 0.4) is 0 Å². The number of carbonyl (C=O) groups is 2. The lowest BCUT2D eigenvalue weighted by molar-refractivity contribution is -0.127. The molecule has 2 N–H and O–H groups in total. The van der Waals surface area contributed by atoms with Crippen molar-refractivity contribution in [2.45, 2.75) is 31.4 Å². The molecule has 1 fully saturated rings. The molecule has 5 rings (SSSR count). The molecule has 3 aromatic rings. The van der Waals surface area contributed by atoms with Crippen molar-refractivity contribution in [3.8, 4) is 0 Å². The zero-order chi connectivity index (χ0) is 21.4. The van der Waals surface area contributed by atoms with Crippen molar-refractivity contribution in [3.63, 3.8) is 0 Å². The van der Waals surface area contributed by atoms with Gasteiger partial charge in [-0.15, -0.1) is 0 Å². The SMILES string of the molecule is O=C(N[C@H]1c2ccccc2C[C@H]1O)C1CCN(C(=O)c2cccc3ccccc23)CC1. The van der Waals surface area contributed by atoms with Gasteiger partial charge in [-0.05, 0) is 40.8 Å². The van der Waals surface area contributed by atoms with Crippen LogP contribution in [0.1, 0.15) is 40.4 Å². The average Bonchev–Trinajstić information content (AvgIpc) is 3.13. The highest BCUT2D eigenvalue weighted by Crippen LogP contribution is 2.32. The van der Waals surface area contributed by atoms with Gasteiger partial charge in [-0.25, -0.2) is 0 Å². The predicted molar refractivity (Wildman–Crippen MR) is 120 cm³/mol. The Kier molecular flexibility index (Phi) is 5.20. The summed E-state index contributed by atoms with van der Waals surface area (Å²) in [4.78, 5) is 27.9. The van der Waals surface area contributed by atoms with Crippen LogP contribution in [0.4, 0.5) is 0 Å². The summed E-state index contributed by atoms with van der Waals surface area (Å²) in [6.07, 6.45) is 1.24. The molecule has 1 aliphatic carbocycles. The Balaban J connectivity index is 1.23. The number of piperidine rings is 1. The van der Waals surface area contributed by atoms with Crippen molar-refractivity contribution in [1.29, 1.82) is 0 Å². The van der Waals surface area contributed by atoms with Crippen LogP contribution in [0.15, 0.2) is 66.7 Å². The number of benzene rings is 3. The third kappa shape index (κ3) is 3.70. The van der Waals surface area contributed by atoms with Crippen LogP contribution in [0.5, 0.6) is 0 Å². The van der Waals surface area contributed by atoms with E-state index in [9.17, 15) is 14.7 Å². The predicted octanol–water partition coefficient (Wildman–Crippen LogP) is 3.47. The normalized spacial score (nSPS) is 21.1. The minimum atomic E-state index is -0.589. The van der Waals surface area contributed by atoms with E-state index in [-0.39, 0.29) is 23.8 Å². The van der Waals surface area contributed by atoms with Gasteiger partial charge in [0, 0.05) is 31.0 Å². The maximum Gasteiger partial charge on any atom is 0.254 e. The molecule has 158 valence electrons. The lowest BCUT2D eigenvalue weighted by Crippen LogP contribution is -2.44. The number of aliphatic hydroxyl groups is 1. The third-order valence-electron chi connectivity index (χ3n) is 6.67. The van der Waals surface area contributed by atoms with Crippen LogP contribution in [0.25, 0.3) is 10.8 Å². The summed E-state index contributed by atoms with van der Waals surface area (Å²) in [6.45, 7) is 1.12. The first-order valence-corrected chi connectivity index (χ1v) is 10.9. The molecular formula is C26H26N2O3. The lowest BCUT2D eigenvalue weighted by atomic mass is 9.94. The summed E-state index contributed by atoms with van der Waals surface area (Å²) in [5, 5.41) is 15.5. The number of nitrogens with one attached hydrogen (secondary N) is 1. The maximum absolute atomic E-state index is 13.1. The molecule has 1 aliphatic heterocycles. The van der Waals surface area contributed by atoms with Gasteiger partial charge in [-0.1, -0.05) is 60.7 Å². The molecule has 2 amide bonds. The maximum atomic E-state index is 13.1. The number of amides is 2. The highest BCUT2D eigenvalue weighted by Gasteiger charge is 2.35. The summed E-state index contributed by atoms with van der Waals surface area (Å²) >= 11 is 0. The molecule has 2 atom stereocenters. The third-order valence-corrected chi connectivity index (χ3v) is 6.67. The standard InChI is InChI=1S/C26H26N2O3/c29-23-16-19-7-2-4-10-21(19)24(23)27-25(30)18-12-14-28(15-13-18)26(31)22-11-5-8-17-6-1-3-9-20(17)22/h1-11,18,23-24,29H,12-16H2,(H,27,30)/t23-,24+/m1/s1. The molecule has 3 aromatic carbocycles. The molecule has 1 heterocycles. The number of carbonyl (C=O) groups excluding carboxylic acids is 2. The molecular weight excluding hydrogens is 388 g/mol. The molecule has 0 unspecified atom stereocenters. The van der Waals surface area contributed by atoms with Crippen molar-refractivity contribution in [2.24, 2.45) is 5.92 Å². The van der Waals surface area contributed by atoms with Crippen LogP contribution in [0.2, 0.25) is 0 Å². The van der Waals surface area contributed by atoms with Gasteiger partial charge in [0.2, 0.25) is 5.91 Å². The summed E-state index contributed by atoms with van der Waals surface area (Å²) in [6, 6.07) is 21.2. The number of likely N-dealkylation sites (tertiary alicyclic amines) is 1. The van der Waals surface area contributed by atoms with E-state index < -0.39 is 6.10 Å². The van der Waals surface area contributed by atoms with E-state index in [2.05, 4.69) is 5.32 Å². The first kappa shape index (κ1) is 19.8. The Morgan fingerprint density at radius 2 is 1.61 bits per heavy atom. The number of hydrogen-bond donors (Lipinski definition) is 2. The molecule has 2 aliphatic rings. The van der Waals surface area contributed by atoms with Crippen molar-refractivity contribution in [1.82, 2.24) is 10.2 Å². The Morgan fingerprint density at radius 3 is 2.45 bits per heavy atom. The Bertz CT molecular complexity index is 1130. The second-order valence-electron chi connectivity index (χ2n) is 8.55. The van der Waals surface area contributed by atoms with Crippen LogP contribution < -0.4 is 5.32 Å². The van der Waals surface area contributed by atoms with Crippen molar-refractivity contribution >= 4 is 22.6 Å². The fraction of sp³-hybridized carbons (Fsp3) is 0.308. The lowest BCUT2D eigenvalue weighted by Gasteiger charge is -2.32. The van der Waals surface area contributed by atoms with Gasteiger partial charge in [0.15, 0.2) is 0 Å². The molecule has 0 spiro atoms. The van der Waals surface area contributed by atoms with Crippen LogP contribution >= 0.6 is 0 Å².